The van der Waals surface area contributed by atoms with E-state index in [1.807, 2.05) is 31.6 Å². The minimum absolute atomic E-state index is 0.0228. The molecule has 3 rings (SSSR count). The predicted octanol–water partition coefficient (Wildman–Crippen LogP) is 3.13. The Balaban J connectivity index is 1.51. The van der Waals surface area contributed by atoms with E-state index in [4.69, 9.17) is 0 Å². The molecule has 134 valence electrons. The Hall–Kier alpha value is -2.57. The first-order valence-electron chi connectivity index (χ1n) is 8.44. The molecule has 3 aromatic rings. The summed E-state index contributed by atoms with van der Waals surface area (Å²) in [5, 5.41) is 5.77. The summed E-state index contributed by atoms with van der Waals surface area (Å²) < 4.78 is 0. The molecule has 0 unspecified atom stereocenters. The number of carbonyl (C=O) groups is 1. The molecule has 5 nitrogen and oxygen atoms in total. The molecule has 0 saturated carbocycles. The van der Waals surface area contributed by atoms with E-state index in [0.29, 0.717) is 6.54 Å². The van der Waals surface area contributed by atoms with Crippen molar-refractivity contribution in [3.05, 3.63) is 71.0 Å². The molecular weight excluding hydrogens is 344 g/mol. The fraction of sp³-hybridized carbons (Fsp3) is 0.250. The quantitative estimate of drug-likeness (QED) is 0.698. The molecule has 0 saturated heterocycles. The summed E-state index contributed by atoms with van der Waals surface area (Å²) in [5.74, 6) is -0.0228. The number of rotatable bonds is 7. The Kier molecular flexibility index (Phi) is 6.09. The molecule has 6 heteroatoms. The number of nitrogens with zero attached hydrogens (tertiary/aromatic N) is 3. The van der Waals surface area contributed by atoms with Crippen LogP contribution in [0.4, 0.5) is 0 Å². The van der Waals surface area contributed by atoms with Crippen LogP contribution in [0.3, 0.4) is 0 Å². The molecule has 0 radical (unpaired) electrons. The number of carbonyl (C=O) groups excluding carboxylic acids is 1. The van der Waals surface area contributed by atoms with E-state index in [-0.39, 0.29) is 12.3 Å². The third kappa shape index (κ3) is 5.21. The topological polar surface area (TPSA) is 58.1 Å². The smallest absolute Gasteiger partial charge is 0.226 e. The van der Waals surface area contributed by atoms with Gasteiger partial charge in [-0.05, 0) is 37.4 Å². The summed E-state index contributed by atoms with van der Waals surface area (Å²) in [7, 11) is 4.10. The summed E-state index contributed by atoms with van der Waals surface area (Å²) >= 11 is 1.53. The second kappa shape index (κ2) is 8.69. The van der Waals surface area contributed by atoms with Crippen molar-refractivity contribution in [3.8, 4) is 10.6 Å². The Labute approximate surface area is 157 Å². The van der Waals surface area contributed by atoms with E-state index in [1.54, 1.807) is 12.4 Å². The monoisotopic (exact) mass is 366 g/mol. The first kappa shape index (κ1) is 18.2. The zero-order valence-electron chi connectivity index (χ0n) is 15.0. The minimum atomic E-state index is -0.0228. The van der Waals surface area contributed by atoms with Gasteiger partial charge in [0.2, 0.25) is 5.91 Å². The first-order chi connectivity index (χ1) is 12.6. The summed E-state index contributed by atoms with van der Waals surface area (Å²) in [6.45, 7) is 1.44. The summed E-state index contributed by atoms with van der Waals surface area (Å²) in [6.07, 6.45) is 3.80. The van der Waals surface area contributed by atoms with Crippen molar-refractivity contribution in [1.29, 1.82) is 0 Å². The third-order valence-electron chi connectivity index (χ3n) is 3.81. The molecule has 1 aromatic carbocycles. The average molecular weight is 366 g/mol. The Morgan fingerprint density at radius 3 is 2.62 bits per heavy atom. The number of hydrogen-bond acceptors (Lipinski definition) is 5. The Morgan fingerprint density at radius 2 is 1.92 bits per heavy atom. The molecule has 0 fully saturated rings. The van der Waals surface area contributed by atoms with E-state index in [1.165, 1.54) is 16.9 Å². The second-order valence-electron chi connectivity index (χ2n) is 6.39. The number of amides is 1. The summed E-state index contributed by atoms with van der Waals surface area (Å²) in [5.41, 5.74) is 4.11. The fourth-order valence-electron chi connectivity index (χ4n) is 2.57. The molecule has 1 N–H and O–H groups in total. The van der Waals surface area contributed by atoms with E-state index in [9.17, 15) is 4.79 Å². The highest BCUT2D eigenvalue weighted by molar-refractivity contribution is 7.13. The normalized spacial score (nSPS) is 10.9. The number of benzene rings is 1. The van der Waals surface area contributed by atoms with E-state index in [2.05, 4.69) is 44.5 Å². The summed E-state index contributed by atoms with van der Waals surface area (Å²) in [4.78, 5) is 22.9. The van der Waals surface area contributed by atoms with Crippen LogP contribution in [0.25, 0.3) is 10.6 Å². The van der Waals surface area contributed by atoms with Crippen LogP contribution in [0.1, 0.15) is 16.8 Å². The molecule has 26 heavy (non-hydrogen) atoms. The second-order valence-corrected chi connectivity index (χ2v) is 7.25. The van der Waals surface area contributed by atoms with Gasteiger partial charge in [-0.1, -0.05) is 24.3 Å². The van der Waals surface area contributed by atoms with Crippen LogP contribution in [0.5, 0.6) is 0 Å². The highest BCUT2D eigenvalue weighted by Gasteiger charge is 2.09. The molecule has 0 bridgehead atoms. The lowest BCUT2D eigenvalue weighted by molar-refractivity contribution is -0.120. The van der Waals surface area contributed by atoms with Crippen molar-refractivity contribution >= 4 is 17.2 Å². The zero-order valence-corrected chi connectivity index (χ0v) is 15.8. The largest absolute Gasteiger partial charge is 0.352 e. The summed E-state index contributed by atoms with van der Waals surface area (Å²) in [6, 6.07) is 12.2. The third-order valence-corrected chi connectivity index (χ3v) is 4.75. The van der Waals surface area contributed by atoms with Gasteiger partial charge in [0.05, 0.1) is 12.1 Å². The first-order valence-corrected chi connectivity index (χ1v) is 9.32. The van der Waals surface area contributed by atoms with Gasteiger partial charge in [-0.25, -0.2) is 4.98 Å². The molecule has 0 spiro atoms. The molecule has 0 aliphatic carbocycles. The molecule has 1 amide bonds. The van der Waals surface area contributed by atoms with Crippen molar-refractivity contribution in [2.24, 2.45) is 0 Å². The van der Waals surface area contributed by atoms with Crippen LogP contribution >= 0.6 is 11.3 Å². The van der Waals surface area contributed by atoms with E-state index >= 15 is 0 Å². The van der Waals surface area contributed by atoms with Crippen LogP contribution in [0.15, 0.2) is 54.2 Å². The van der Waals surface area contributed by atoms with Gasteiger partial charge in [0.15, 0.2) is 0 Å². The highest BCUT2D eigenvalue weighted by atomic mass is 32.1. The number of nitrogens with one attached hydrogen (secondary N) is 1. The van der Waals surface area contributed by atoms with Gasteiger partial charge in [0, 0.05) is 36.4 Å². The molecule has 0 aliphatic heterocycles. The van der Waals surface area contributed by atoms with Crippen LogP contribution in [0, 0.1) is 0 Å². The highest BCUT2D eigenvalue weighted by Crippen LogP contribution is 2.22. The Bertz CT molecular complexity index is 844. The predicted molar refractivity (Wildman–Crippen MR) is 105 cm³/mol. The van der Waals surface area contributed by atoms with Gasteiger partial charge >= 0.3 is 0 Å². The maximum atomic E-state index is 12.2. The molecule has 0 atom stereocenters. The van der Waals surface area contributed by atoms with Crippen molar-refractivity contribution in [2.75, 3.05) is 14.1 Å². The standard InChI is InChI=1S/C20H22N4OS/c1-24(2)13-16-7-5-15(6-8-16)11-22-19(25)10-18-14-26-20(23-18)17-4-3-9-21-12-17/h3-9,12,14H,10-11,13H2,1-2H3,(H,22,25). The zero-order chi connectivity index (χ0) is 18.4. The van der Waals surface area contributed by atoms with Crippen molar-refractivity contribution in [3.63, 3.8) is 0 Å². The van der Waals surface area contributed by atoms with Gasteiger partial charge < -0.3 is 10.2 Å². The van der Waals surface area contributed by atoms with Gasteiger partial charge in [0.25, 0.3) is 0 Å². The lowest BCUT2D eigenvalue weighted by Crippen LogP contribution is -2.24. The maximum absolute atomic E-state index is 12.2. The molecule has 2 aromatic heterocycles. The molecule has 0 aliphatic rings. The van der Waals surface area contributed by atoms with Gasteiger partial charge in [-0.3, -0.25) is 9.78 Å². The number of pyridine rings is 1. The van der Waals surface area contributed by atoms with E-state index in [0.717, 1.165) is 28.4 Å². The van der Waals surface area contributed by atoms with Crippen molar-refractivity contribution in [2.45, 2.75) is 19.5 Å². The average Bonchev–Trinajstić information content (AvgIpc) is 3.10. The lowest BCUT2D eigenvalue weighted by Gasteiger charge is -2.10. The molecule has 2 heterocycles. The van der Waals surface area contributed by atoms with Crippen LogP contribution in [-0.2, 0) is 24.3 Å². The van der Waals surface area contributed by atoms with Crippen LogP contribution in [0.2, 0.25) is 0 Å². The van der Waals surface area contributed by atoms with Crippen molar-refractivity contribution < 1.29 is 4.79 Å². The SMILES string of the molecule is CN(C)Cc1ccc(CNC(=O)Cc2csc(-c3cccnc3)n2)cc1. The van der Waals surface area contributed by atoms with Gasteiger partial charge in [-0.2, -0.15) is 0 Å². The number of thiazole rings is 1. The van der Waals surface area contributed by atoms with E-state index < -0.39 is 0 Å². The lowest BCUT2D eigenvalue weighted by atomic mass is 10.1. The maximum Gasteiger partial charge on any atom is 0.226 e. The minimum Gasteiger partial charge on any atom is -0.352 e. The fourth-order valence-corrected chi connectivity index (χ4v) is 3.38. The Morgan fingerprint density at radius 1 is 1.15 bits per heavy atom. The van der Waals surface area contributed by atoms with Crippen LogP contribution in [-0.4, -0.2) is 34.9 Å². The number of hydrogen-bond donors (Lipinski definition) is 1. The van der Waals surface area contributed by atoms with Gasteiger partial charge in [-0.15, -0.1) is 11.3 Å². The van der Waals surface area contributed by atoms with Gasteiger partial charge in [0.1, 0.15) is 5.01 Å². The van der Waals surface area contributed by atoms with Crippen molar-refractivity contribution in [1.82, 2.24) is 20.2 Å². The number of aromatic nitrogens is 2. The van der Waals surface area contributed by atoms with Crippen LogP contribution < -0.4 is 5.32 Å². The molecular formula is C20H22N4OS.